The molecular formula is C30H32O6S2. The van der Waals surface area contributed by atoms with Gasteiger partial charge in [0.15, 0.2) is 0 Å². The van der Waals surface area contributed by atoms with Gasteiger partial charge in [-0.3, -0.25) is 0 Å². The van der Waals surface area contributed by atoms with Crippen molar-refractivity contribution in [2.45, 2.75) is 52.1 Å². The summed E-state index contributed by atoms with van der Waals surface area (Å²) in [6.07, 6.45) is 8.52. The second-order valence-corrected chi connectivity index (χ2v) is 12.8. The summed E-state index contributed by atoms with van der Waals surface area (Å²) in [5, 5.41) is 3.71. The molecule has 2 saturated carbocycles. The van der Waals surface area contributed by atoms with Crippen LogP contribution < -0.4 is 0 Å². The first-order valence-electron chi connectivity index (χ1n) is 12.9. The number of ether oxygens (including phenoxy) is 3. The Balaban J connectivity index is 1.44. The van der Waals surface area contributed by atoms with E-state index in [2.05, 4.69) is 20.4 Å². The normalized spacial score (nSPS) is 31.6. The molecule has 1 aliphatic heterocycles. The Morgan fingerprint density at radius 3 is 2.47 bits per heavy atom. The van der Waals surface area contributed by atoms with Gasteiger partial charge in [-0.05, 0) is 78.3 Å². The smallest absolute Gasteiger partial charge is 0.348 e. The summed E-state index contributed by atoms with van der Waals surface area (Å²) in [6, 6.07) is 7.19. The summed E-state index contributed by atoms with van der Waals surface area (Å²) in [7, 11) is 0. The van der Waals surface area contributed by atoms with Crippen molar-refractivity contribution in [1.29, 1.82) is 0 Å². The number of carbonyl (C=O) groups excluding carboxylic acids is 3. The monoisotopic (exact) mass is 552 g/mol. The molecule has 5 rings (SSSR count). The van der Waals surface area contributed by atoms with E-state index in [4.69, 9.17) is 14.2 Å². The standard InChI is InChI=1S/C30H32O6S2/c1-19-8-11-24-29(2,21(19)10-9-20-13-15-34-26(20)31)14-12-25(36-28(33)23-7-5-17-38-23)30(24,3)18-35-27(32)22-6-4-16-37-22/h4-7,9,13,15-17,21,24-25H,1,8,10-12,14,18H2,2-3H3/b20-9+/t21-,24+,25-,29+,30+/m1/s1. The average molecular weight is 553 g/mol. The van der Waals surface area contributed by atoms with E-state index >= 15 is 0 Å². The third-order valence-electron chi connectivity index (χ3n) is 8.76. The van der Waals surface area contributed by atoms with Crippen LogP contribution in [0.5, 0.6) is 0 Å². The highest BCUT2D eigenvalue weighted by Crippen LogP contribution is 2.62. The first kappa shape index (κ1) is 26.6. The molecule has 0 N–H and O–H groups in total. The van der Waals surface area contributed by atoms with Crippen molar-refractivity contribution in [1.82, 2.24) is 0 Å². The van der Waals surface area contributed by atoms with Gasteiger partial charge in [0.05, 0.1) is 11.8 Å². The number of hydrogen-bond donors (Lipinski definition) is 0. The number of allylic oxidation sites excluding steroid dienone is 2. The lowest BCUT2D eigenvalue weighted by atomic mass is 9.46. The predicted molar refractivity (Wildman–Crippen MR) is 147 cm³/mol. The molecule has 8 heteroatoms. The van der Waals surface area contributed by atoms with Crippen LogP contribution in [-0.2, 0) is 19.0 Å². The Hall–Kier alpha value is -2.97. The number of carbonyl (C=O) groups is 3. The highest BCUT2D eigenvalue weighted by atomic mass is 32.1. The lowest BCUT2D eigenvalue weighted by Crippen LogP contribution is -2.58. The fraction of sp³-hybridized carbons (Fsp3) is 0.433. The van der Waals surface area contributed by atoms with Gasteiger partial charge in [-0.2, -0.15) is 0 Å². The fourth-order valence-electron chi connectivity index (χ4n) is 6.76. The Morgan fingerprint density at radius 1 is 1.13 bits per heavy atom. The van der Waals surface area contributed by atoms with Crippen LogP contribution in [0, 0.1) is 22.7 Å². The Kier molecular flexibility index (Phi) is 7.47. The molecule has 6 nitrogen and oxygen atoms in total. The van der Waals surface area contributed by atoms with Crippen LogP contribution in [0.2, 0.25) is 0 Å². The maximum Gasteiger partial charge on any atom is 0.348 e. The first-order chi connectivity index (χ1) is 18.2. The Morgan fingerprint density at radius 2 is 1.84 bits per heavy atom. The molecule has 200 valence electrons. The van der Waals surface area contributed by atoms with Crippen molar-refractivity contribution >= 4 is 40.6 Å². The van der Waals surface area contributed by atoms with Crippen molar-refractivity contribution in [3.63, 3.8) is 0 Å². The molecule has 0 saturated heterocycles. The molecule has 0 bridgehead atoms. The summed E-state index contributed by atoms with van der Waals surface area (Å²) < 4.78 is 17.0. The highest BCUT2D eigenvalue weighted by Gasteiger charge is 2.59. The molecule has 2 aromatic heterocycles. The molecule has 5 atom stereocenters. The van der Waals surface area contributed by atoms with Crippen molar-refractivity contribution in [3.05, 3.63) is 80.9 Å². The van der Waals surface area contributed by atoms with Crippen LogP contribution >= 0.6 is 22.7 Å². The van der Waals surface area contributed by atoms with Gasteiger partial charge in [0, 0.05) is 5.41 Å². The number of rotatable bonds is 7. The molecule has 2 fully saturated rings. The second-order valence-electron chi connectivity index (χ2n) is 10.9. The van der Waals surface area contributed by atoms with Crippen molar-refractivity contribution in [3.8, 4) is 0 Å². The Labute approximate surface area is 231 Å². The van der Waals surface area contributed by atoms with Gasteiger partial charge in [-0.25, -0.2) is 14.4 Å². The summed E-state index contributed by atoms with van der Waals surface area (Å²) in [4.78, 5) is 39.0. The largest absolute Gasteiger partial charge is 0.461 e. The predicted octanol–water partition coefficient (Wildman–Crippen LogP) is 6.97. The fourth-order valence-corrected chi connectivity index (χ4v) is 7.99. The van der Waals surface area contributed by atoms with E-state index in [1.165, 1.54) is 34.5 Å². The number of cyclic esters (lactones) is 1. The summed E-state index contributed by atoms with van der Waals surface area (Å²) >= 11 is 2.71. The number of esters is 3. The number of hydrogen-bond acceptors (Lipinski definition) is 8. The van der Waals surface area contributed by atoms with E-state index in [1.54, 1.807) is 18.2 Å². The second kappa shape index (κ2) is 10.7. The maximum atomic E-state index is 13.0. The van der Waals surface area contributed by atoms with Crippen molar-refractivity contribution < 1.29 is 28.6 Å². The molecule has 38 heavy (non-hydrogen) atoms. The van der Waals surface area contributed by atoms with E-state index in [0.717, 1.165) is 19.3 Å². The van der Waals surface area contributed by atoms with Gasteiger partial charge in [-0.15, -0.1) is 22.7 Å². The van der Waals surface area contributed by atoms with E-state index in [-0.39, 0.29) is 41.8 Å². The third-order valence-corrected chi connectivity index (χ3v) is 10.5. The summed E-state index contributed by atoms with van der Waals surface area (Å²) in [6.45, 7) is 8.96. The van der Waals surface area contributed by atoms with Crippen LogP contribution in [-0.4, -0.2) is 30.6 Å². The van der Waals surface area contributed by atoms with Gasteiger partial charge in [0.2, 0.25) is 0 Å². The van der Waals surface area contributed by atoms with E-state index in [9.17, 15) is 14.4 Å². The molecule has 2 aromatic rings. The van der Waals surface area contributed by atoms with Crippen molar-refractivity contribution in [2.75, 3.05) is 6.61 Å². The van der Waals surface area contributed by atoms with Crippen LogP contribution in [0.3, 0.4) is 0 Å². The molecule has 0 spiro atoms. The van der Waals surface area contributed by atoms with E-state index in [1.807, 2.05) is 29.0 Å². The van der Waals surface area contributed by atoms with Gasteiger partial charge < -0.3 is 14.2 Å². The minimum absolute atomic E-state index is 0.112. The number of fused-ring (bicyclic) bond motifs is 1. The molecule has 0 aromatic carbocycles. The molecular weight excluding hydrogens is 520 g/mol. The minimum Gasteiger partial charge on any atom is -0.461 e. The lowest BCUT2D eigenvalue weighted by Gasteiger charge is -2.60. The zero-order valence-electron chi connectivity index (χ0n) is 21.6. The topological polar surface area (TPSA) is 78.9 Å². The van der Waals surface area contributed by atoms with E-state index in [0.29, 0.717) is 28.2 Å². The maximum absolute atomic E-state index is 13.0. The molecule has 3 aliphatic rings. The molecule has 2 aliphatic carbocycles. The van der Waals surface area contributed by atoms with Crippen LogP contribution in [0.15, 0.2) is 71.2 Å². The zero-order chi connectivity index (χ0) is 26.9. The Bertz CT molecular complexity index is 1270. The minimum atomic E-state index is -0.592. The molecule has 0 unspecified atom stereocenters. The van der Waals surface area contributed by atoms with Gasteiger partial charge in [-0.1, -0.05) is 44.2 Å². The molecule has 3 heterocycles. The van der Waals surface area contributed by atoms with Crippen LogP contribution in [0.4, 0.5) is 0 Å². The SMILES string of the molecule is C=C1CC[C@@H]2[C@](C)(COC(=O)c3cccs3)[C@H](OC(=O)c3cccs3)CC[C@@]2(C)[C@@H]1C/C=C1\C=COC1=O. The zero-order valence-corrected chi connectivity index (χ0v) is 23.3. The summed E-state index contributed by atoms with van der Waals surface area (Å²) in [5.74, 6) is -0.775. The van der Waals surface area contributed by atoms with Gasteiger partial charge in [0.25, 0.3) is 0 Å². The highest BCUT2D eigenvalue weighted by molar-refractivity contribution is 7.12. The average Bonchev–Trinajstić information content (AvgIpc) is 3.68. The third kappa shape index (κ3) is 4.92. The lowest BCUT2D eigenvalue weighted by molar-refractivity contribution is -0.154. The summed E-state index contributed by atoms with van der Waals surface area (Å²) in [5.41, 5.74) is 0.970. The van der Waals surface area contributed by atoms with Crippen LogP contribution in [0.25, 0.3) is 0 Å². The molecule has 0 amide bonds. The van der Waals surface area contributed by atoms with E-state index < -0.39 is 11.5 Å². The number of thiophene rings is 2. The van der Waals surface area contributed by atoms with Crippen LogP contribution in [0.1, 0.15) is 65.3 Å². The first-order valence-corrected chi connectivity index (χ1v) is 14.7. The van der Waals surface area contributed by atoms with Crippen molar-refractivity contribution in [2.24, 2.45) is 22.7 Å². The van der Waals surface area contributed by atoms with Gasteiger partial charge >= 0.3 is 17.9 Å². The van der Waals surface area contributed by atoms with Gasteiger partial charge in [0.1, 0.15) is 22.5 Å². The quantitative estimate of drug-likeness (QED) is 0.160. The molecule has 0 radical (unpaired) electrons.